The Labute approximate surface area is 119 Å². The number of hydrogen-bond donors (Lipinski definition) is 2. The van der Waals surface area contributed by atoms with Crippen LogP contribution in [0.4, 0.5) is 0 Å². The standard InChI is InChI=1S/C12H23NO6S/c1-18-8-9(6-7-14)13-20(16,17)11-5-3-4-10(11)12(15)19-2/h9-11,13-14H,3-8H2,1-2H3. The van der Waals surface area contributed by atoms with Gasteiger partial charge in [-0.05, 0) is 19.3 Å². The first kappa shape index (κ1) is 17.4. The number of hydrogen-bond acceptors (Lipinski definition) is 6. The van der Waals surface area contributed by atoms with E-state index >= 15 is 0 Å². The summed E-state index contributed by atoms with van der Waals surface area (Å²) < 4.78 is 36.9. The predicted molar refractivity (Wildman–Crippen MR) is 72.6 cm³/mol. The second kappa shape index (κ2) is 7.92. The largest absolute Gasteiger partial charge is 0.469 e. The minimum Gasteiger partial charge on any atom is -0.469 e. The number of carbonyl (C=O) groups excluding carboxylic acids is 1. The summed E-state index contributed by atoms with van der Waals surface area (Å²) >= 11 is 0. The maximum Gasteiger partial charge on any atom is 0.310 e. The molecule has 0 aromatic rings. The number of esters is 1. The highest BCUT2D eigenvalue weighted by molar-refractivity contribution is 7.90. The fourth-order valence-corrected chi connectivity index (χ4v) is 4.55. The molecule has 0 aromatic carbocycles. The van der Waals surface area contributed by atoms with Crippen molar-refractivity contribution in [1.29, 1.82) is 0 Å². The molecule has 0 aromatic heterocycles. The van der Waals surface area contributed by atoms with E-state index in [0.717, 1.165) is 0 Å². The average Bonchev–Trinajstić information content (AvgIpc) is 2.88. The zero-order chi connectivity index (χ0) is 15.2. The van der Waals surface area contributed by atoms with E-state index in [1.54, 1.807) is 0 Å². The molecule has 0 aliphatic heterocycles. The van der Waals surface area contributed by atoms with Crippen molar-refractivity contribution < 1.29 is 27.8 Å². The molecule has 2 N–H and O–H groups in total. The van der Waals surface area contributed by atoms with E-state index in [1.807, 2.05) is 0 Å². The first-order chi connectivity index (χ1) is 9.46. The Morgan fingerprint density at radius 1 is 1.40 bits per heavy atom. The number of carbonyl (C=O) groups is 1. The molecule has 1 saturated carbocycles. The summed E-state index contributed by atoms with van der Waals surface area (Å²) in [5.74, 6) is -1.10. The number of nitrogens with one attached hydrogen (secondary N) is 1. The van der Waals surface area contributed by atoms with E-state index in [9.17, 15) is 13.2 Å². The summed E-state index contributed by atoms with van der Waals surface area (Å²) in [6.45, 7) is 0.0387. The molecule has 1 fully saturated rings. The summed E-state index contributed by atoms with van der Waals surface area (Å²) in [6.07, 6.45) is 1.91. The zero-order valence-corrected chi connectivity index (χ0v) is 12.7. The van der Waals surface area contributed by atoms with Crippen LogP contribution in [0.3, 0.4) is 0 Å². The Balaban J connectivity index is 2.78. The number of rotatable bonds is 8. The topological polar surface area (TPSA) is 102 Å². The van der Waals surface area contributed by atoms with Gasteiger partial charge in [-0.2, -0.15) is 0 Å². The number of aliphatic hydroxyl groups excluding tert-OH is 1. The Bertz CT molecular complexity index is 404. The summed E-state index contributed by atoms with van der Waals surface area (Å²) in [5.41, 5.74) is 0. The van der Waals surface area contributed by atoms with Gasteiger partial charge >= 0.3 is 5.97 Å². The van der Waals surface area contributed by atoms with E-state index in [1.165, 1.54) is 14.2 Å². The van der Waals surface area contributed by atoms with Gasteiger partial charge in [0.15, 0.2) is 0 Å². The number of methoxy groups -OCH3 is 2. The van der Waals surface area contributed by atoms with Crippen molar-refractivity contribution in [3.05, 3.63) is 0 Å². The van der Waals surface area contributed by atoms with Crippen LogP contribution in [0.15, 0.2) is 0 Å². The monoisotopic (exact) mass is 309 g/mol. The van der Waals surface area contributed by atoms with Gasteiger partial charge in [0.1, 0.15) is 0 Å². The molecular weight excluding hydrogens is 286 g/mol. The Morgan fingerprint density at radius 3 is 2.65 bits per heavy atom. The third-order valence-corrected chi connectivity index (χ3v) is 5.55. The lowest BCUT2D eigenvalue weighted by atomic mass is 10.1. The molecule has 7 nitrogen and oxygen atoms in total. The second-order valence-corrected chi connectivity index (χ2v) is 6.86. The molecule has 1 rings (SSSR count). The smallest absolute Gasteiger partial charge is 0.310 e. The zero-order valence-electron chi connectivity index (χ0n) is 11.9. The van der Waals surface area contributed by atoms with Gasteiger partial charge in [0, 0.05) is 19.8 Å². The molecule has 118 valence electrons. The van der Waals surface area contributed by atoms with E-state index in [0.29, 0.717) is 19.3 Å². The highest BCUT2D eigenvalue weighted by Crippen LogP contribution is 2.31. The van der Waals surface area contributed by atoms with E-state index in [-0.39, 0.29) is 19.6 Å². The lowest BCUT2D eigenvalue weighted by Crippen LogP contribution is -2.46. The van der Waals surface area contributed by atoms with Crippen LogP contribution in [0.5, 0.6) is 0 Å². The fourth-order valence-electron chi connectivity index (χ4n) is 2.57. The highest BCUT2D eigenvalue weighted by Gasteiger charge is 2.42. The molecule has 20 heavy (non-hydrogen) atoms. The first-order valence-electron chi connectivity index (χ1n) is 6.65. The van der Waals surface area contributed by atoms with E-state index < -0.39 is 33.2 Å². The van der Waals surface area contributed by atoms with Crippen molar-refractivity contribution >= 4 is 16.0 Å². The molecular formula is C12H23NO6S. The molecule has 3 atom stereocenters. The van der Waals surface area contributed by atoms with Crippen molar-refractivity contribution in [2.75, 3.05) is 27.4 Å². The van der Waals surface area contributed by atoms with Crippen LogP contribution in [0, 0.1) is 5.92 Å². The molecule has 8 heteroatoms. The van der Waals surface area contributed by atoms with Gasteiger partial charge in [-0.3, -0.25) is 4.79 Å². The molecule has 0 radical (unpaired) electrons. The maximum atomic E-state index is 12.4. The number of sulfonamides is 1. The minimum atomic E-state index is -3.65. The van der Waals surface area contributed by atoms with Gasteiger partial charge in [0.2, 0.25) is 10.0 Å². The van der Waals surface area contributed by atoms with E-state index in [2.05, 4.69) is 9.46 Å². The molecule has 0 heterocycles. The van der Waals surface area contributed by atoms with Gasteiger partial charge in [0.05, 0.1) is 24.9 Å². The molecule has 0 bridgehead atoms. The van der Waals surface area contributed by atoms with Gasteiger partial charge in [-0.1, -0.05) is 6.42 Å². The van der Waals surface area contributed by atoms with Crippen LogP contribution in [-0.4, -0.2) is 58.2 Å². The minimum absolute atomic E-state index is 0.137. The van der Waals surface area contributed by atoms with Crippen molar-refractivity contribution in [2.45, 2.75) is 37.0 Å². The quantitative estimate of drug-likeness (QED) is 0.594. The predicted octanol–water partition coefficient (Wildman–Crippen LogP) is -0.355. The van der Waals surface area contributed by atoms with Gasteiger partial charge in [-0.25, -0.2) is 13.1 Å². The molecule has 0 amide bonds. The summed E-state index contributed by atoms with van der Waals surface area (Å²) in [7, 11) is -0.925. The summed E-state index contributed by atoms with van der Waals surface area (Å²) in [4.78, 5) is 11.6. The van der Waals surface area contributed by atoms with Gasteiger partial charge in [-0.15, -0.1) is 0 Å². The normalized spacial score (nSPS) is 24.6. The summed E-state index contributed by atoms with van der Waals surface area (Å²) in [5, 5.41) is 8.17. The first-order valence-corrected chi connectivity index (χ1v) is 8.19. The molecule has 3 unspecified atom stereocenters. The van der Waals surface area contributed by atoms with Crippen molar-refractivity contribution in [2.24, 2.45) is 5.92 Å². The van der Waals surface area contributed by atoms with Crippen LogP contribution in [0.2, 0.25) is 0 Å². The van der Waals surface area contributed by atoms with Crippen molar-refractivity contribution in [1.82, 2.24) is 4.72 Å². The van der Waals surface area contributed by atoms with Crippen LogP contribution in [-0.2, 0) is 24.3 Å². The van der Waals surface area contributed by atoms with Crippen LogP contribution < -0.4 is 4.72 Å². The van der Waals surface area contributed by atoms with Gasteiger partial charge < -0.3 is 14.6 Å². The third kappa shape index (κ3) is 4.41. The molecule has 1 aliphatic carbocycles. The van der Waals surface area contributed by atoms with Crippen molar-refractivity contribution in [3.8, 4) is 0 Å². The maximum absolute atomic E-state index is 12.4. The third-order valence-electron chi connectivity index (χ3n) is 3.53. The van der Waals surface area contributed by atoms with Gasteiger partial charge in [0.25, 0.3) is 0 Å². The SMILES string of the molecule is COCC(CCO)NS(=O)(=O)C1CCCC1C(=O)OC. The molecule has 1 aliphatic rings. The number of aliphatic hydroxyl groups is 1. The average molecular weight is 309 g/mol. The molecule has 0 saturated heterocycles. The fraction of sp³-hybridized carbons (Fsp3) is 0.917. The molecule has 0 spiro atoms. The van der Waals surface area contributed by atoms with Crippen LogP contribution >= 0.6 is 0 Å². The Morgan fingerprint density at radius 2 is 2.10 bits per heavy atom. The Hall–Kier alpha value is -0.700. The lowest BCUT2D eigenvalue weighted by molar-refractivity contribution is -0.145. The van der Waals surface area contributed by atoms with Crippen LogP contribution in [0.1, 0.15) is 25.7 Å². The van der Waals surface area contributed by atoms with Crippen molar-refractivity contribution in [3.63, 3.8) is 0 Å². The second-order valence-electron chi connectivity index (χ2n) is 4.93. The highest BCUT2D eigenvalue weighted by atomic mass is 32.2. The summed E-state index contributed by atoms with van der Waals surface area (Å²) in [6, 6.07) is -0.492. The lowest BCUT2D eigenvalue weighted by Gasteiger charge is -2.22. The Kier molecular flexibility index (Phi) is 6.87. The van der Waals surface area contributed by atoms with E-state index in [4.69, 9.17) is 9.84 Å². The van der Waals surface area contributed by atoms with Crippen LogP contribution in [0.25, 0.3) is 0 Å². The number of ether oxygens (including phenoxy) is 2.